The summed E-state index contributed by atoms with van der Waals surface area (Å²) in [7, 11) is 0. The maximum absolute atomic E-state index is 12.2. The Kier molecular flexibility index (Phi) is 5.86. The molecule has 2 heterocycles. The van der Waals surface area contributed by atoms with E-state index in [1.807, 2.05) is 37.3 Å². The Bertz CT molecular complexity index is 1100. The molecule has 2 aromatic carbocycles. The minimum absolute atomic E-state index is 0.121. The molecule has 3 aromatic rings. The zero-order valence-corrected chi connectivity index (χ0v) is 16.9. The van der Waals surface area contributed by atoms with Crippen molar-refractivity contribution in [3.63, 3.8) is 0 Å². The smallest absolute Gasteiger partial charge is 0.363 e. The minimum Gasteiger partial charge on any atom is -0.490 e. The van der Waals surface area contributed by atoms with E-state index < -0.39 is 5.97 Å². The van der Waals surface area contributed by atoms with Crippen LogP contribution in [0.15, 0.2) is 76.0 Å². The Hall–Kier alpha value is -3.51. The maximum Gasteiger partial charge on any atom is 0.363 e. The molecule has 0 radical (unpaired) electrons. The largest absolute Gasteiger partial charge is 0.490 e. The number of cyclic esters (lactones) is 1. The predicted octanol–water partition coefficient (Wildman–Crippen LogP) is 5.26. The van der Waals surface area contributed by atoms with Crippen LogP contribution in [0, 0.1) is 0 Å². The van der Waals surface area contributed by atoms with Crippen molar-refractivity contribution < 1.29 is 23.4 Å². The van der Waals surface area contributed by atoms with E-state index in [4.69, 9.17) is 30.2 Å². The lowest BCUT2D eigenvalue weighted by Crippen LogP contribution is -2.04. The zero-order chi connectivity index (χ0) is 20.9. The lowest BCUT2D eigenvalue weighted by atomic mass is 10.1. The average molecular weight is 424 g/mol. The Labute approximate surface area is 178 Å². The Morgan fingerprint density at radius 3 is 2.67 bits per heavy atom. The first-order valence-electron chi connectivity index (χ1n) is 9.33. The van der Waals surface area contributed by atoms with Crippen LogP contribution in [0.1, 0.15) is 23.8 Å². The van der Waals surface area contributed by atoms with Crippen molar-refractivity contribution in [2.75, 3.05) is 6.61 Å². The average Bonchev–Trinajstić information content (AvgIpc) is 3.39. The van der Waals surface area contributed by atoms with E-state index in [1.54, 1.807) is 30.3 Å². The normalized spacial score (nSPS) is 14.5. The number of hydrogen-bond acceptors (Lipinski definition) is 6. The molecule has 0 saturated carbocycles. The van der Waals surface area contributed by atoms with Gasteiger partial charge in [-0.15, -0.1) is 0 Å². The SMILES string of the molecule is CCOc1cc(/C=C2\N=C(c3ccco3)OC2=O)cc(Cl)c1OCc1ccccc1. The molecule has 152 valence electrons. The van der Waals surface area contributed by atoms with Crippen LogP contribution in [0.25, 0.3) is 6.08 Å². The lowest BCUT2D eigenvalue weighted by molar-refractivity contribution is -0.130. The summed E-state index contributed by atoms with van der Waals surface area (Å²) >= 11 is 6.47. The lowest BCUT2D eigenvalue weighted by Gasteiger charge is -2.14. The van der Waals surface area contributed by atoms with Gasteiger partial charge in [-0.2, -0.15) is 0 Å². The number of carbonyl (C=O) groups excluding carboxylic acids is 1. The first-order chi connectivity index (χ1) is 14.6. The number of benzene rings is 2. The van der Waals surface area contributed by atoms with Crippen LogP contribution in [0.5, 0.6) is 11.5 Å². The molecule has 0 N–H and O–H groups in total. The highest BCUT2D eigenvalue weighted by Gasteiger charge is 2.26. The molecule has 7 heteroatoms. The molecule has 0 aliphatic carbocycles. The van der Waals surface area contributed by atoms with Crippen molar-refractivity contribution in [3.05, 3.63) is 88.5 Å². The van der Waals surface area contributed by atoms with E-state index in [1.165, 1.54) is 6.26 Å². The maximum atomic E-state index is 12.2. The number of rotatable bonds is 7. The van der Waals surface area contributed by atoms with Gasteiger partial charge in [0.05, 0.1) is 17.9 Å². The molecule has 6 nitrogen and oxygen atoms in total. The van der Waals surface area contributed by atoms with Gasteiger partial charge in [0.15, 0.2) is 23.0 Å². The van der Waals surface area contributed by atoms with Gasteiger partial charge in [0.1, 0.15) is 6.61 Å². The summed E-state index contributed by atoms with van der Waals surface area (Å²) in [5.74, 6) is 0.854. The standard InChI is InChI=1S/C23H18ClNO5/c1-2-27-20-13-16(11-17(24)21(20)29-14-15-7-4-3-5-8-15)12-18-23(26)30-22(25-18)19-9-6-10-28-19/h3-13H,2,14H2,1H3/b18-12-. The molecule has 4 rings (SSSR count). The molecule has 0 spiro atoms. The zero-order valence-electron chi connectivity index (χ0n) is 16.1. The number of aliphatic imine (C=N–C) groups is 1. The first kappa shape index (κ1) is 19.8. The molecule has 0 saturated heterocycles. The number of ether oxygens (including phenoxy) is 3. The fraction of sp³-hybridized carbons (Fsp3) is 0.130. The molecule has 0 unspecified atom stereocenters. The molecule has 1 aliphatic rings. The minimum atomic E-state index is -0.570. The van der Waals surface area contributed by atoms with Crippen LogP contribution in [0.2, 0.25) is 5.02 Å². The fourth-order valence-corrected chi connectivity index (χ4v) is 3.15. The van der Waals surface area contributed by atoms with Crippen molar-refractivity contribution in [3.8, 4) is 11.5 Å². The van der Waals surface area contributed by atoms with Crippen molar-refractivity contribution in [1.29, 1.82) is 0 Å². The second kappa shape index (κ2) is 8.88. The highest BCUT2D eigenvalue weighted by atomic mass is 35.5. The van der Waals surface area contributed by atoms with Crippen molar-refractivity contribution >= 4 is 29.5 Å². The molecule has 0 bridgehead atoms. The second-order valence-electron chi connectivity index (χ2n) is 6.35. The first-order valence-corrected chi connectivity index (χ1v) is 9.71. The van der Waals surface area contributed by atoms with Gasteiger partial charge in [0.2, 0.25) is 0 Å². The van der Waals surface area contributed by atoms with E-state index in [2.05, 4.69) is 4.99 Å². The van der Waals surface area contributed by atoms with E-state index in [9.17, 15) is 4.79 Å². The molecule has 1 aliphatic heterocycles. The summed E-state index contributed by atoms with van der Waals surface area (Å²) < 4.78 is 22.0. The third-order valence-corrected chi connectivity index (χ3v) is 4.49. The molecule has 30 heavy (non-hydrogen) atoms. The number of carbonyl (C=O) groups is 1. The number of halogens is 1. The third-order valence-electron chi connectivity index (χ3n) is 4.21. The van der Waals surface area contributed by atoms with Crippen molar-refractivity contribution in [2.24, 2.45) is 4.99 Å². The molecule has 0 amide bonds. The number of esters is 1. The molecular weight excluding hydrogens is 406 g/mol. The van der Waals surface area contributed by atoms with Gasteiger partial charge in [0, 0.05) is 0 Å². The summed E-state index contributed by atoms with van der Waals surface area (Å²) in [6.07, 6.45) is 3.06. The third kappa shape index (κ3) is 4.39. The van der Waals surface area contributed by atoms with E-state index in [-0.39, 0.29) is 11.6 Å². The number of nitrogens with zero attached hydrogens (tertiary/aromatic N) is 1. The summed E-state index contributed by atoms with van der Waals surface area (Å²) in [5, 5.41) is 0.366. The summed E-state index contributed by atoms with van der Waals surface area (Å²) in [5.41, 5.74) is 1.78. The summed E-state index contributed by atoms with van der Waals surface area (Å²) in [6, 6.07) is 16.5. The molecular formula is C23H18ClNO5. The number of hydrogen-bond donors (Lipinski definition) is 0. The van der Waals surface area contributed by atoms with Crippen molar-refractivity contribution in [2.45, 2.75) is 13.5 Å². The topological polar surface area (TPSA) is 70.3 Å². The van der Waals surface area contributed by atoms with Gasteiger partial charge < -0.3 is 18.6 Å². The van der Waals surface area contributed by atoms with Crippen LogP contribution in [0.4, 0.5) is 0 Å². The molecule has 0 atom stereocenters. The Morgan fingerprint density at radius 2 is 1.93 bits per heavy atom. The Morgan fingerprint density at radius 1 is 1.10 bits per heavy atom. The van der Waals surface area contributed by atoms with Crippen molar-refractivity contribution in [1.82, 2.24) is 0 Å². The number of furan rings is 1. The molecule has 0 fully saturated rings. The van der Waals surface area contributed by atoms with Gasteiger partial charge in [-0.3, -0.25) is 0 Å². The highest BCUT2D eigenvalue weighted by Crippen LogP contribution is 2.38. The van der Waals surface area contributed by atoms with Crippen LogP contribution in [-0.2, 0) is 16.1 Å². The monoisotopic (exact) mass is 423 g/mol. The second-order valence-corrected chi connectivity index (χ2v) is 6.76. The summed E-state index contributed by atoms with van der Waals surface area (Å²) in [6.45, 7) is 2.65. The van der Waals surface area contributed by atoms with Gasteiger partial charge in [-0.25, -0.2) is 9.79 Å². The van der Waals surface area contributed by atoms with Crippen LogP contribution in [-0.4, -0.2) is 18.5 Å². The van der Waals surface area contributed by atoms with Gasteiger partial charge >= 0.3 is 5.97 Å². The molecule has 1 aromatic heterocycles. The van der Waals surface area contributed by atoms with Gasteiger partial charge in [-0.1, -0.05) is 41.9 Å². The van der Waals surface area contributed by atoms with E-state index in [0.29, 0.717) is 41.1 Å². The predicted molar refractivity (Wildman–Crippen MR) is 113 cm³/mol. The van der Waals surface area contributed by atoms with Gasteiger partial charge in [0.25, 0.3) is 5.90 Å². The fourth-order valence-electron chi connectivity index (χ4n) is 2.88. The van der Waals surface area contributed by atoms with Crippen LogP contribution < -0.4 is 9.47 Å². The van der Waals surface area contributed by atoms with Crippen LogP contribution >= 0.6 is 11.6 Å². The Balaban J connectivity index is 1.61. The van der Waals surface area contributed by atoms with E-state index >= 15 is 0 Å². The van der Waals surface area contributed by atoms with E-state index in [0.717, 1.165) is 5.56 Å². The highest BCUT2D eigenvalue weighted by molar-refractivity contribution is 6.32. The quantitative estimate of drug-likeness (QED) is 0.383. The van der Waals surface area contributed by atoms with Crippen LogP contribution in [0.3, 0.4) is 0 Å². The van der Waals surface area contributed by atoms with Gasteiger partial charge in [-0.05, 0) is 48.4 Å². The summed E-state index contributed by atoms with van der Waals surface area (Å²) in [4.78, 5) is 16.4.